The van der Waals surface area contributed by atoms with E-state index in [1.807, 2.05) is 54.9 Å². The molecule has 1 heterocycles. The van der Waals surface area contributed by atoms with E-state index in [0.29, 0.717) is 16.3 Å². The summed E-state index contributed by atoms with van der Waals surface area (Å²) in [6.07, 6.45) is 0. The molecule has 0 unspecified atom stereocenters. The minimum Gasteiger partial charge on any atom is -0.497 e. The predicted molar refractivity (Wildman–Crippen MR) is 110 cm³/mol. The maximum absolute atomic E-state index is 12.5. The number of nitrogens with one attached hydrogen (secondary N) is 1. The summed E-state index contributed by atoms with van der Waals surface area (Å²) in [4.78, 5) is 17.1. The molecule has 0 radical (unpaired) electrons. The molecule has 0 saturated heterocycles. The molecule has 3 aromatic rings. The van der Waals surface area contributed by atoms with Crippen molar-refractivity contribution >= 4 is 34.8 Å². The van der Waals surface area contributed by atoms with Gasteiger partial charge in [-0.1, -0.05) is 35.5 Å². The topological polar surface area (TPSA) is 56.1 Å². The molecule has 0 aliphatic carbocycles. The molecule has 0 atom stereocenters. The summed E-state index contributed by atoms with van der Waals surface area (Å²) >= 11 is 7.34. The lowest BCUT2D eigenvalue weighted by Crippen LogP contribution is -2.13. The van der Waals surface area contributed by atoms with Crippen LogP contribution in [0.2, 0.25) is 5.02 Å². The number of nitrogens with zero attached hydrogens (tertiary/aromatic N) is 2. The van der Waals surface area contributed by atoms with Crippen LogP contribution in [0.1, 0.15) is 21.7 Å². The first kappa shape index (κ1) is 19.3. The van der Waals surface area contributed by atoms with Crippen LogP contribution in [0, 0.1) is 13.8 Å². The number of methoxy groups -OCH3 is 1. The second-order valence-electron chi connectivity index (χ2n) is 5.96. The van der Waals surface area contributed by atoms with Gasteiger partial charge in [0.2, 0.25) is 0 Å². The molecule has 0 saturated carbocycles. The molecule has 27 heavy (non-hydrogen) atoms. The van der Waals surface area contributed by atoms with E-state index in [4.69, 9.17) is 16.3 Å². The minimum absolute atomic E-state index is 0.0234. The molecular formula is C20H20ClN3O2S. The zero-order valence-electron chi connectivity index (χ0n) is 15.3. The van der Waals surface area contributed by atoms with Gasteiger partial charge >= 0.3 is 0 Å². The van der Waals surface area contributed by atoms with Gasteiger partial charge in [-0.25, -0.2) is 9.66 Å². The Hall–Kier alpha value is -2.44. The van der Waals surface area contributed by atoms with Crippen LogP contribution in [0.25, 0.3) is 0 Å². The monoisotopic (exact) mass is 401 g/mol. The molecule has 140 valence electrons. The number of hydrogen-bond acceptors (Lipinski definition) is 5. The van der Waals surface area contributed by atoms with Gasteiger partial charge in [-0.05, 0) is 50.2 Å². The number of aromatic nitrogens is 2. The Morgan fingerprint density at radius 1 is 1.22 bits per heavy atom. The fraction of sp³-hybridized carbons (Fsp3) is 0.200. The summed E-state index contributed by atoms with van der Waals surface area (Å²) < 4.78 is 7.08. The molecular weight excluding hydrogens is 382 g/mol. The number of ketones is 1. The van der Waals surface area contributed by atoms with Crippen LogP contribution < -0.4 is 10.2 Å². The maximum Gasteiger partial charge on any atom is 0.187 e. The van der Waals surface area contributed by atoms with Crippen molar-refractivity contribution < 1.29 is 9.53 Å². The van der Waals surface area contributed by atoms with Crippen LogP contribution in [-0.4, -0.2) is 28.3 Å². The fourth-order valence-electron chi connectivity index (χ4n) is 2.47. The number of anilines is 1. The quantitative estimate of drug-likeness (QED) is 0.445. The van der Waals surface area contributed by atoms with Crippen molar-refractivity contribution in [1.82, 2.24) is 9.66 Å². The first-order chi connectivity index (χ1) is 13.0. The third kappa shape index (κ3) is 4.64. The molecule has 2 aromatic carbocycles. The van der Waals surface area contributed by atoms with Crippen LogP contribution >= 0.6 is 23.4 Å². The lowest BCUT2D eigenvalue weighted by Gasteiger charge is -2.13. The number of ether oxygens (including phenoxy) is 1. The smallest absolute Gasteiger partial charge is 0.187 e. The number of hydrogen-bond donors (Lipinski definition) is 1. The molecule has 0 fully saturated rings. The second-order valence-corrected chi connectivity index (χ2v) is 7.34. The van der Waals surface area contributed by atoms with Gasteiger partial charge in [0, 0.05) is 10.6 Å². The van der Waals surface area contributed by atoms with E-state index in [1.165, 1.54) is 11.8 Å². The largest absolute Gasteiger partial charge is 0.497 e. The predicted octanol–water partition coefficient (Wildman–Crippen LogP) is 5.01. The van der Waals surface area contributed by atoms with Gasteiger partial charge in [-0.2, -0.15) is 0 Å². The zero-order chi connectivity index (χ0) is 19.4. The van der Waals surface area contributed by atoms with Crippen LogP contribution in [0.5, 0.6) is 5.75 Å². The molecule has 0 aliphatic heterocycles. The fourth-order valence-corrected chi connectivity index (χ4v) is 3.54. The number of carbonyl (C=O) groups excluding carboxylic acids is 1. The van der Waals surface area contributed by atoms with Gasteiger partial charge in [-0.15, -0.1) is 0 Å². The highest BCUT2D eigenvalue weighted by atomic mass is 35.5. The van der Waals surface area contributed by atoms with E-state index >= 15 is 0 Å². The third-order valence-corrected chi connectivity index (χ3v) is 5.31. The van der Waals surface area contributed by atoms with Crippen LogP contribution in [0.3, 0.4) is 0 Å². The number of Topliss-reactive ketones (excluding diaryl/α,β-unsaturated/α-hetero) is 1. The van der Waals surface area contributed by atoms with Gasteiger partial charge in [0.25, 0.3) is 0 Å². The highest BCUT2D eigenvalue weighted by Gasteiger charge is 2.15. The molecule has 0 aliphatic rings. The van der Waals surface area contributed by atoms with Gasteiger partial charge < -0.3 is 4.74 Å². The van der Waals surface area contributed by atoms with Crippen LogP contribution in [-0.2, 0) is 0 Å². The molecule has 0 bridgehead atoms. The van der Waals surface area contributed by atoms with Gasteiger partial charge in [0.05, 0.1) is 29.9 Å². The average molecular weight is 402 g/mol. The Bertz CT molecular complexity index is 954. The number of halogens is 1. The van der Waals surface area contributed by atoms with Crippen LogP contribution in [0.15, 0.2) is 53.7 Å². The summed E-state index contributed by atoms with van der Waals surface area (Å²) in [5.41, 5.74) is 6.73. The number of benzene rings is 2. The summed E-state index contributed by atoms with van der Waals surface area (Å²) in [7, 11) is 1.59. The number of thioether (sulfide) groups is 1. The SMILES string of the molecule is COc1cccc(C(=O)CSc2nc(C)c(C)n2Nc2ccc(Cl)cc2)c1. The summed E-state index contributed by atoms with van der Waals surface area (Å²) in [5, 5.41) is 1.41. The van der Waals surface area contributed by atoms with E-state index in [-0.39, 0.29) is 11.5 Å². The summed E-state index contributed by atoms with van der Waals surface area (Å²) in [6, 6.07) is 14.6. The van der Waals surface area contributed by atoms with Gasteiger partial charge in [0.1, 0.15) is 5.75 Å². The summed E-state index contributed by atoms with van der Waals surface area (Å²) in [5.74, 6) is 0.976. The Kier molecular flexibility index (Phi) is 6.08. The van der Waals surface area contributed by atoms with E-state index in [9.17, 15) is 4.79 Å². The lowest BCUT2D eigenvalue weighted by atomic mass is 10.1. The molecule has 1 N–H and O–H groups in total. The Labute approximate surface area is 167 Å². The number of imidazole rings is 1. The van der Waals surface area contributed by atoms with Crippen molar-refractivity contribution in [3.8, 4) is 5.75 Å². The molecule has 3 rings (SSSR count). The first-order valence-electron chi connectivity index (χ1n) is 8.36. The van der Waals surface area contributed by atoms with Crippen molar-refractivity contribution in [2.24, 2.45) is 0 Å². The molecule has 5 nitrogen and oxygen atoms in total. The second kappa shape index (κ2) is 8.50. The zero-order valence-corrected chi connectivity index (χ0v) is 16.9. The Morgan fingerprint density at radius 2 is 1.96 bits per heavy atom. The Morgan fingerprint density at radius 3 is 2.67 bits per heavy atom. The standard InChI is InChI=1S/C20H20ClN3O2S/c1-13-14(2)24(23-17-9-7-16(21)8-10-17)20(22-13)27-12-19(25)15-5-4-6-18(11-15)26-3/h4-11,23H,12H2,1-3H3. The van der Waals surface area contributed by atoms with Crippen molar-refractivity contribution in [1.29, 1.82) is 0 Å². The number of aryl methyl sites for hydroxylation is 1. The van der Waals surface area contributed by atoms with Gasteiger partial charge in [-0.3, -0.25) is 10.2 Å². The van der Waals surface area contributed by atoms with E-state index in [2.05, 4.69) is 10.4 Å². The van der Waals surface area contributed by atoms with Crippen molar-refractivity contribution in [2.45, 2.75) is 19.0 Å². The molecule has 0 amide bonds. The highest BCUT2D eigenvalue weighted by molar-refractivity contribution is 7.99. The van der Waals surface area contributed by atoms with Crippen molar-refractivity contribution in [3.63, 3.8) is 0 Å². The van der Waals surface area contributed by atoms with Crippen molar-refractivity contribution in [3.05, 3.63) is 70.5 Å². The molecule has 0 spiro atoms. The highest BCUT2D eigenvalue weighted by Crippen LogP contribution is 2.24. The summed E-state index contributed by atoms with van der Waals surface area (Å²) in [6.45, 7) is 3.93. The maximum atomic E-state index is 12.5. The molecule has 7 heteroatoms. The van der Waals surface area contributed by atoms with E-state index in [0.717, 1.165) is 22.2 Å². The van der Waals surface area contributed by atoms with Crippen molar-refractivity contribution in [2.75, 3.05) is 18.3 Å². The van der Waals surface area contributed by atoms with E-state index < -0.39 is 0 Å². The minimum atomic E-state index is 0.0234. The average Bonchev–Trinajstić information content (AvgIpc) is 2.95. The van der Waals surface area contributed by atoms with E-state index in [1.54, 1.807) is 19.2 Å². The molecule has 1 aromatic heterocycles. The lowest BCUT2D eigenvalue weighted by molar-refractivity contribution is 0.102. The third-order valence-electron chi connectivity index (χ3n) is 4.12. The first-order valence-corrected chi connectivity index (χ1v) is 9.73. The van der Waals surface area contributed by atoms with Gasteiger partial charge in [0.15, 0.2) is 10.9 Å². The number of rotatable bonds is 7. The normalized spacial score (nSPS) is 10.7. The Balaban J connectivity index is 1.75. The van der Waals surface area contributed by atoms with Crippen LogP contribution in [0.4, 0.5) is 5.69 Å². The number of carbonyl (C=O) groups is 1.